The van der Waals surface area contributed by atoms with Gasteiger partial charge in [-0.3, -0.25) is 52.7 Å². The van der Waals surface area contributed by atoms with Crippen LogP contribution in [0.15, 0.2) is 23.8 Å². The summed E-state index contributed by atoms with van der Waals surface area (Å²) in [5.74, 6) is -9.83. The van der Waals surface area contributed by atoms with Crippen molar-refractivity contribution in [3.63, 3.8) is 0 Å². The number of carbonyl (C=O) groups is 11. The minimum Gasteiger partial charge on any atom is -0.390 e. The molecule has 13 atom stereocenters. The fourth-order valence-electron chi connectivity index (χ4n) is 12.6. The summed E-state index contributed by atoms with van der Waals surface area (Å²) >= 11 is 1.40. The molecule has 0 aromatic carbocycles. The first-order valence-corrected chi connectivity index (χ1v) is 37.6. The van der Waals surface area contributed by atoms with Gasteiger partial charge in [0, 0.05) is 73.8 Å². The van der Waals surface area contributed by atoms with Crippen LogP contribution in [0.5, 0.6) is 0 Å². The van der Waals surface area contributed by atoms with E-state index in [4.69, 9.17) is 0 Å². The van der Waals surface area contributed by atoms with Crippen molar-refractivity contribution in [2.24, 2.45) is 35.5 Å². The molecule has 1 aliphatic rings. The van der Waals surface area contributed by atoms with Gasteiger partial charge in [-0.1, -0.05) is 134 Å². The molecule has 0 aromatic heterocycles. The third-order valence-corrected chi connectivity index (χ3v) is 20.2. The van der Waals surface area contributed by atoms with E-state index < -0.39 is 161 Å². The zero-order valence-electron chi connectivity index (χ0n) is 66.2. The van der Waals surface area contributed by atoms with E-state index in [1.54, 1.807) is 54.5 Å². The van der Waals surface area contributed by atoms with Crippen LogP contribution in [0.4, 0.5) is 0 Å². The van der Waals surface area contributed by atoms with Gasteiger partial charge in [0.15, 0.2) is 0 Å². The number of aliphatic hydroxyl groups excluding tert-OH is 1. The van der Waals surface area contributed by atoms with Gasteiger partial charge in [0.1, 0.15) is 66.5 Å². The average Bonchev–Trinajstić information content (AvgIpc) is 0.803. The Morgan fingerprint density at radius 2 is 0.980 bits per heavy atom. The molecule has 0 bridgehead atoms. The highest BCUT2D eigenvalue weighted by Crippen LogP contribution is 2.27. The van der Waals surface area contributed by atoms with E-state index in [9.17, 15) is 29.4 Å². The molecule has 0 aliphatic carbocycles. The quantitative estimate of drug-likeness (QED) is 0.0611. The smallest absolute Gasteiger partial charge is 0.246 e. The Morgan fingerprint density at radius 1 is 0.530 bits per heavy atom. The molecule has 1 rings (SSSR count). The lowest BCUT2D eigenvalue weighted by molar-refractivity contribution is -0.157. The topological polar surface area (TPSA) is 302 Å². The van der Waals surface area contributed by atoms with Crippen LogP contribution >= 0.6 is 11.8 Å². The molecule has 6 N–H and O–H groups in total. The van der Waals surface area contributed by atoms with Crippen molar-refractivity contribution in [2.45, 2.75) is 268 Å². The second-order valence-electron chi connectivity index (χ2n) is 30.3. The lowest BCUT2D eigenvalue weighted by Gasteiger charge is -2.41. The molecule has 26 heteroatoms. The maximum atomic E-state index is 15.6. The molecule has 25 nitrogen and oxygen atoms in total. The monoisotopic (exact) mass is 1430 g/mol. The number of carbonyl (C=O) groups excluding carboxylic acids is 11. The van der Waals surface area contributed by atoms with Gasteiger partial charge in [-0.25, -0.2) is 0 Å². The predicted octanol–water partition coefficient (Wildman–Crippen LogP) is 5.55. The van der Waals surface area contributed by atoms with E-state index in [1.165, 1.54) is 113 Å². The van der Waals surface area contributed by atoms with E-state index in [1.807, 2.05) is 47.6 Å². The molecule has 1 fully saturated rings. The first-order chi connectivity index (χ1) is 46.3. The second kappa shape index (κ2) is 43.1. The van der Waals surface area contributed by atoms with Crippen LogP contribution < -0.4 is 21.3 Å². The van der Waals surface area contributed by atoms with E-state index in [-0.39, 0.29) is 62.0 Å². The maximum absolute atomic E-state index is 15.6. The molecule has 1 aliphatic heterocycles. The molecule has 11 amide bonds. The van der Waals surface area contributed by atoms with Gasteiger partial charge in [0.2, 0.25) is 65.0 Å². The molecule has 100 heavy (non-hydrogen) atoms. The van der Waals surface area contributed by atoms with Gasteiger partial charge < -0.3 is 70.7 Å². The van der Waals surface area contributed by atoms with Crippen LogP contribution in [-0.2, 0) is 52.7 Å². The Labute approximate surface area is 605 Å². The molecule has 1 saturated heterocycles. The van der Waals surface area contributed by atoms with Crippen molar-refractivity contribution in [2.75, 3.05) is 80.5 Å². The molecular weight excluding hydrogens is 1300 g/mol. The summed E-state index contributed by atoms with van der Waals surface area (Å²) in [6.45, 7) is 37.7. The van der Waals surface area contributed by atoms with Crippen molar-refractivity contribution in [1.29, 1.82) is 0 Å². The average molecular weight is 1430 g/mol. The Kier molecular flexibility index (Phi) is 39.6. The zero-order valence-corrected chi connectivity index (χ0v) is 67.0. The van der Waals surface area contributed by atoms with Gasteiger partial charge >= 0.3 is 0 Å². The van der Waals surface area contributed by atoms with Crippen molar-refractivity contribution < 1.29 is 63.0 Å². The molecule has 0 unspecified atom stereocenters. The lowest BCUT2D eigenvalue weighted by Crippen LogP contribution is -2.64. The summed E-state index contributed by atoms with van der Waals surface area (Å²) < 4.78 is 0. The van der Waals surface area contributed by atoms with Crippen LogP contribution in [-0.4, -0.2) is 273 Å². The Hall–Kier alpha value is -6.12. The van der Waals surface area contributed by atoms with Crippen molar-refractivity contribution in [1.82, 2.24) is 60.5 Å². The van der Waals surface area contributed by atoms with Crippen LogP contribution in [0.3, 0.4) is 0 Å². The summed E-state index contributed by atoms with van der Waals surface area (Å²) in [5.41, 5.74) is -0.472. The molecule has 0 aromatic rings. The van der Waals surface area contributed by atoms with Crippen LogP contribution in [0.1, 0.15) is 190 Å². The predicted molar refractivity (Wildman–Crippen MR) is 397 cm³/mol. The normalized spacial score (nSPS) is 25.8. The highest BCUT2D eigenvalue weighted by molar-refractivity contribution is 7.99. The van der Waals surface area contributed by atoms with E-state index in [2.05, 4.69) is 53.0 Å². The number of rotatable bonds is 25. The molecule has 0 spiro atoms. The minimum absolute atomic E-state index is 0.00493. The molecule has 574 valence electrons. The number of hydrogen-bond acceptors (Lipinski definition) is 15. The van der Waals surface area contributed by atoms with Crippen molar-refractivity contribution in [3.8, 4) is 0 Å². The highest BCUT2D eigenvalue weighted by atomic mass is 32.2. The summed E-state index contributed by atoms with van der Waals surface area (Å²) in [6, 6.07) is -14.5. The number of thioether (sulfide) groups is 1. The molecule has 0 radical (unpaired) electrons. The maximum Gasteiger partial charge on any atom is 0.246 e. The Bertz CT molecular complexity index is 2750. The molecular formula is C74H134N12O13S. The number of aliphatic hydroxyl groups is 2. The molecule has 0 saturated carbocycles. The van der Waals surface area contributed by atoms with Gasteiger partial charge in [0.05, 0.1) is 11.7 Å². The largest absolute Gasteiger partial charge is 0.390 e. The molecule has 1 heterocycles. The number of nitrogens with one attached hydrogen (secondary N) is 4. The van der Waals surface area contributed by atoms with E-state index in [0.29, 0.717) is 12.3 Å². The first-order valence-electron chi connectivity index (χ1n) is 36.4. The van der Waals surface area contributed by atoms with Crippen LogP contribution in [0.2, 0.25) is 0 Å². The standard InChI is InChI=1S/C74H134N12O13S/c1-28-33-35-49(16)62(87)61-66(91)77-53(30-3)68(93)83(25)58(43-100-42-52(34-29-2)36-37-86(31-4)32-5)71(96)82(24)57(41-74(19,20)99)65(90)78-59(47(12)13)72(97)79(21)54(38-44(6)7)64(89)75-50(17)63(88)76-51(18)67(92)80(22)55(39-45(8)9)69(94)81(23)56(40-46(10)11)70(95)84(26)60(48(14)15)73(98)85(61)27/h28,33,36,44-51,53-62,87,99H,29-32,34-35,37-43H2,1-27H3,(H,75,89)(H,76,88)(H,77,91)(H,78,90)/b33-28+,52-36+/t49-,50+,51-,53+,54+,55+,56+,57+,58-,59+,60+,61+,62-/m1/s1. The van der Waals surface area contributed by atoms with E-state index >= 15 is 33.6 Å². The fraction of sp³-hybridized carbons (Fsp3) is 0.797. The summed E-state index contributed by atoms with van der Waals surface area (Å²) in [4.78, 5) is 176. The van der Waals surface area contributed by atoms with Gasteiger partial charge in [-0.15, -0.1) is 0 Å². The Balaban J connectivity index is 4.67. The van der Waals surface area contributed by atoms with Crippen molar-refractivity contribution in [3.05, 3.63) is 23.8 Å². The van der Waals surface area contributed by atoms with Gasteiger partial charge in [-0.05, 0) is 122 Å². The second-order valence-corrected chi connectivity index (χ2v) is 31.3. The van der Waals surface area contributed by atoms with Gasteiger partial charge in [-0.2, -0.15) is 11.8 Å². The first kappa shape index (κ1) is 91.9. The third-order valence-electron chi connectivity index (χ3n) is 19.0. The number of nitrogens with zero attached hydrogens (tertiary/aromatic N) is 8. The Morgan fingerprint density at radius 3 is 1.45 bits per heavy atom. The summed E-state index contributed by atoms with van der Waals surface area (Å²) in [7, 11) is 9.93. The SMILES string of the molecule is C/C=C/C[C@@H](C)[C@@H](O)[C@H]1C(=O)N[C@@H](CC)C(=O)N(C)[C@H](CSC/C(=C/CN(CC)CC)CCC)C(=O)N(C)[C@@H](CC(C)(C)O)C(=O)N[C@@H](C(C)C)C(=O)N(C)[C@@H](CC(C)C)C(=O)N[C@@H](C)C(=O)N[C@H](C)C(=O)N(C)[C@@H](CC(C)C)C(=O)N(C)[C@@H](CC(C)C)C(=O)N(C)[C@@H](C(C)C)C(=O)N1C. The van der Waals surface area contributed by atoms with Crippen LogP contribution in [0.25, 0.3) is 0 Å². The lowest BCUT2D eigenvalue weighted by atomic mass is 9.91. The fourth-order valence-corrected chi connectivity index (χ4v) is 13.8. The number of amides is 11. The minimum atomic E-state index is -1.67. The number of hydrogen-bond donors (Lipinski definition) is 6. The number of likely N-dealkylation sites (N-methyl/N-ethyl adjacent to an activating group) is 8. The van der Waals surface area contributed by atoms with Gasteiger partial charge in [0.25, 0.3) is 0 Å². The summed E-state index contributed by atoms with van der Waals surface area (Å²) in [6.07, 6.45) is 6.13. The zero-order chi connectivity index (χ0) is 77.3. The van der Waals surface area contributed by atoms with Crippen LogP contribution in [0, 0.1) is 35.5 Å². The summed E-state index contributed by atoms with van der Waals surface area (Å²) in [5, 5.41) is 35.0. The van der Waals surface area contributed by atoms with Crippen molar-refractivity contribution >= 4 is 76.7 Å². The highest BCUT2D eigenvalue weighted by Gasteiger charge is 2.47. The third kappa shape index (κ3) is 27.2. The number of allylic oxidation sites excluding steroid dienone is 2. The van der Waals surface area contributed by atoms with E-state index in [0.717, 1.165) is 41.3 Å².